The molecule has 1 aliphatic rings. The first-order chi connectivity index (χ1) is 8.63. The summed E-state index contributed by atoms with van der Waals surface area (Å²) in [6.07, 6.45) is 5.08. The summed E-state index contributed by atoms with van der Waals surface area (Å²) in [6, 6.07) is 0.227. The van der Waals surface area contributed by atoms with E-state index in [1.165, 1.54) is 6.42 Å². The molecule has 0 aromatic carbocycles. The first-order valence-electron chi connectivity index (χ1n) is 6.75. The van der Waals surface area contributed by atoms with Gasteiger partial charge in [0.2, 0.25) is 0 Å². The number of nitrogens with zero attached hydrogens (tertiary/aromatic N) is 2. The Hall–Kier alpha value is -0.390. The minimum Gasteiger partial charge on any atom is -0.392 e. The van der Waals surface area contributed by atoms with Gasteiger partial charge in [-0.25, -0.2) is 0 Å². The molecule has 102 valence electrons. The van der Waals surface area contributed by atoms with Gasteiger partial charge in [0.05, 0.1) is 22.0 Å². The van der Waals surface area contributed by atoms with Gasteiger partial charge in [-0.05, 0) is 35.2 Å². The maximum absolute atomic E-state index is 9.94. The standard InChI is InChI=1S/C13H22BrN3O/c1-3-9-13(14)11(17(2)16-9)8-15-10-6-4-5-7-12(10)18/h10,12,15,18H,3-8H2,1-2H3. The van der Waals surface area contributed by atoms with Crippen LogP contribution in [-0.2, 0) is 20.0 Å². The van der Waals surface area contributed by atoms with E-state index >= 15 is 0 Å². The Kier molecular flexibility index (Phi) is 4.81. The molecular weight excluding hydrogens is 294 g/mol. The third kappa shape index (κ3) is 2.95. The highest BCUT2D eigenvalue weighted by Gasteiger charge is 2.23. The molecule has 2 atom stereocenters. The van der Waals surface area contributed by atoms with E-state index in [4.69, 9.17) is 0 Å². The molecule has 5 heteroatoms. The van der Waals surface area contributed by atoms with Crippen LogP contribution in [0.2, 0.25) is 0 Å². The lowest BCUT2D eigenvalue weighted by Crippen LogP contribution is -2.41. The van der Waals surface area contributed by atoms with Crippen molar-refractivity contribution in [2.75, 3.05) is 0 Å². The van der Waals surface area contributed by atoms with Crippen molar-refractivity contribution in [3.63, 3.8) is 0 Å². The van der Waals surface area contributed by atoms with Crippen LogP contribution >= 0.6 is 15.9 Å². The van der Waals surface area contributed by atoms with Crippen molar-refractivity contribution >= 4 is 15.9 Å². The third-order valence-electron chi connectivity index (χ3n) is 3.76. The SMILES string of the molecule is CCc1nn(C)c(CNC2CCCCC2O)c1Br. The van der Waals surface area contributed by atoms with E-state index in [0.717, 1.165) is 48.1 Å². The number of aliphatic hydroxyl groups is 1. The molecule has 0 amide bonds. The molecule has 1 heterocycles. The van der Waals surface area contributed by atoms with E-state index in [0.29, 0.717) is 0 Å². The molecule has 4 nitrogen and oxygen atoms in total. The summed E-state index contributed by atoms with van der Waals surface area (Å²) in [5, 5.41) is 17.9. The molecule has 1 aromatic rings. The van der Waals surface area contributed by atoms with Gasteiger partial charge in [0.1, 0.15) is 0 Å². The molecule has 0 spiro atoms. The number of nitrogens with one attached hydrogen (secondary N) is 1. The van der Waals surface area contributed by atoms with E-state index in [-0.39, 0.29) is 12.1 Å². The molecule has 0 radical (unpaired) electrons. The maximum Gasteiger partial charge on any atom is 0.0767 e. The summed E-state index contributed by atoms with van der Waals surface area (Å²) in [7, 11) is 1.97. The van der Waals surface area contributed by atoms with E-state index in [1.54, 1.807) is 0 Å². The molecular formula is C13H22BrN3O. The van der Waals surface area contributed by atoms with Crippen LogP contribution in [0.4, 0.5) is 0 Å². The lowest BCUT2D eigenvalue weighted by atomic mass is 9.92. The Morgan fingerprint density at radius 1 is 1.44 bits per heavy atom. The number of hydrogen-bond donors (Lipinski definition) is 2. The zero-order valence-corrected chi connectivity index (χ0v) is 12.7. The van der Waals surface area contributed by atoms with Crippen molar-refractivity contribution in [2.24, 2.45) is 7.05 Å². The van der Waals surface area contributed by atoms with Gasteiger partial charge in [-0.2, -0.15) is 5.10 Å². The number of aryl methyl sites for hydroxylation is 2. The summed E-state index contributed by atoms with van der Waals surface area (Å²) < 4.78 is 3.02. The molecule has 1 aromatic heterocycles. The summed E-state index contributed by atoms with van der Waals surface area (Å²) >= 11 is 3.62. The normalized spacial score (nSPS) is 24.4. The average molecular weight is 316 g/mol. The van der Waals surface area contributed by atoms with E-state index in [2.05, 4.69) is 33.3 Å². The Morgan fingerprint density at radius 2 is 2.17 bits per heavy atom. The van der Waals surface area contributed by atoms with Gasteiger partial charge < -0.3 is 10.4 Å². The zero-order valence-electron chi connectivity index (χ0n) is 11.1. The molecule has 1 saturated carbocycles. The molecule has 0 bridgehead atoms. The molecule has 0 saturated heterocycles. The molecule has 2 N–H and O–H groups in total. The molecule has 2 rings (SSSR count). The zero-order chi connectivity index (χ0) is 13.1. The van der Waals surface area contributed by atoms with Gasteiger partial charge >= 0.3 is 0 Å². The lowest BCUT2D eigenvalue weighted by Gasteiger charge is -2.28. The van der Waals surface area contributed by atoms with Crippen molar-refractivity contribution in [3.05, 3.63) is 15.9 Å². The fourth-order valence-electron chi connectivity index (χ4n) is 2.59. The van der Waals surface area contributed by atoms with Crippen LogP contribution in [0, 0.1) is 0 Å². The Labute approximate surface area is 117 Å². The molecule has 18 heavy (non-hydrogen) atoms. The smallest absolute Gasteiger partial charge is 0.0767 e. The number of aromatic nitrogens is 2. The second-order valence-corrected chi connectivity index (χ2v) is 5.82. The van der Waals surface area contributed by atoms with Crippen molar-refractivity contribution in [2.45, 2.75) is 57.7 Å². The van der Waals surface area contributed by atoms with Crippen molar-refractivity contribution < 1.29 is 5.11 Å². The monoisotopic (exact) mass is 315 g/mol. The average Bonchev–Trinajstić information content (AvgIpc) is 2.64. The first kappa shape index (κ1) is 14.0. The van der Waals surface area contributed by atoms with Crippen LogP contribution in [0.5, 0.6) is 0 Å². The van der Waals surface area contributed by atoms with Gasteiger partial charge in [-0.1, -0.05) is 19.8 Å². The van der Waals surface area contributed by atoms with Gasteiger partial charge in [-0.3, -0.25) is 4.68 Å². The van der Waals surface area contributed by atoms with Gasteiger partial charge in [0.25, 0.3) is 0 Å². The number of halogens is 1. The number of hydrogen-bond acceptors (Lipinski definition) is 3. The Bertz CT molecular complexity index is 405. The highest BCUT2D eigenvalue weighted by Crippen LogP contribution is 2.23. The van der Waals surface area contributed by atoms with Crippen LogP contribution in [0.25, 0.3) is 0 Å². The largest absolute Gasteiger partial charge is 0.392 e. The number of rotatable bonds is 4. The minimum atomic E-state index is -0.198. The molecule has 1 fully saturated rings. The summed E-state index contributed by atoms with van der Waals surface area (Å²) in [5.74, 6) is 0. The minimum absolute atomic E-state index is 0.198. The van der Waals surface area contributed by atoms with Crippen molar-refractivity contribution in [1.82, 2.24) is 15.1 Å². The Balaban J connectivity index is 1.99. The predicted octanol–water partition coefficient (Wildman–Crippen LogP) is 2.14. The summed E-state index contributed by atoms with van der Waals surface area (Å²) in [6.45, 7) is 2.86. The summed E-state index contributed by atoms with van der Waals surface area (Å²) in [4.78, 5) is 0. The topological polar surface area (TPSA) is 50.1 Å². The Morgan fingerprint density at radius 3 is 2.78 bits per heavy atom. The molecule has 1 aliphatic carbocycles. The highest BCUT2D eigenvalue weighted by atomic mass is 79.9. The lowest BCUT2D eigenvalue weighted by molar-refractivity contribution is 0.0899. The van der Waals surface area contributed by atoms with E-state index in [9.17, 15) is 5.11 Å². The van der Waals surface area contributed by atoms with Crippen LogP contribution in [-0.4, -0.2) is 27.0 Å². The quantitative estimate of drug-likeness (QED) is 0.895. The third-order valence-corrected chi connectivity index (χ3v) is 4.68. The molecule has 2 unspecified atom stereocenters. The van der Waals surface area contributed by atoms with Gasteiger partial charge in [-0.15, -0.1) is 0 Å². The fraction of sp³-hybridized carbons (Fsp3) is 0.769. The fourth-order valence-corrected chi connectivity index (χ4v) is 3.35. The number of aliphatic hydroxyl groups excluding tert-OH is 1. The van der Waals surface area contributed by atoms with E-state index in [1.807, 2.05) is 11.7 Å². The van der Waals surface area contributed by atoms with Gasteiger partial charge in [0, 0.05) is 19.6 Å². The second-order valence-electron chi connectivity index (χ2n) is 5.02. The van der Waals surface area contributed by atoms with Crippen LogP contribution in [0.1, 0.15) is 44.0 Å². The van der Waals surface area contributed by atoms with Crippen molar-refractivity contribution in [1.29, 1.82) is 0 Å². The van der Waals surface area contributed by atoms with Crippen LogP contribution < -0.4 is 5.32 Å². The van der Waals surface area contributed by atoms with Gasteiger partial charge in [0.15, 0.2) is 0 Å². The van der Waals surface area contributed by atoms with Crippen molar-refractivity contribution in [3.8, 4) is 0 Å². The van der Waals surface area contributed by atoms with Crippen LogP contribution in [0.3, 0.4) is 0 Å². The predicted molar refractivity (Wildman–Crippen MR) is 75.4 cm³/mol. The molecule has 0 aliphatic heterocycles. The maximum atomic E-state index is 9.94. The first-order valence-corrected chi connectivity index (χ1v) is 7.54. The second kappa shape index (κ2) is 6.17. The van der Waals surface area contributed by atoms with E-state index < -0.39 is 0 Å². The van der Waals surface area contributed by atoms with Crippen LogP contribution in [0.15, 0.2) is 4.47 Å². The highest BCUT2D eigenvalue weighted by molar-refractivity contribution is 9.10. The summed E-state index contributed by atoms with van der Waals surface area (Å²) in [5.41, 5.74) is 2.25.